The SMILES string of the molecule is CCOC(c1ccccc1)N(C(=O)O)C(=O)O. The molecule has 0 aromatic heterocycles. The molecule has 0 saturated carbocycles. The van der Waals surface area contributed by atoms with Crippen molar-refractivity contribution < 1.29 is 24.5 Å². The van der Waals surface area contributed by atoms with E-state index in [1.54, 1.807) is 37.3 Å². The summed E-state index contributed by atoms with van der Waals surface area (Å²) in [6, 6.07) is 8.34. The summed E-state index contributed by atoms with van der Waals surface area (Å²) in [4.78, 5) is 22.0. The van der Waals surface area contributed by atoms with Crippen LogP contribution in [0.5, 0.6) is 0 Å². The molecule has 1 aromatic carbocycles. The smallest absolute Gasteiger partial charge is 0.419 e. The van der Waals surface area contributed by atoms with E-state index < -0.39 is 18.4 Å². The Morgan fingerprint density at radius 3 is 2.18 bits per heavy atom. The van der Waals surface area contributed by atoms with Crippen molar-refractivity contribution in [3.8, 4) is 0 Å². The third-order valence-corrected chi connectivity index (χ3v) is 2.06. The number of carbonyl (C=O) groups is 2. The van der Waals surface area contributed by atoms with Crippen LogP contribution in [-0.4, -0.2) is 33.9 Å². The minimum atomic E-state index is -1.57. The summed E-state index contributed by atoms with van der Waals surface area (Å²) in [5.41, 5.74) is 0.471. The maximum Gasteiger partial charge on any atom is 0.419 e. The molecule has 0 radical (unpaired) electrons. The quantitative estimate of drug-likeness (QED) is 0.787. The Hall–Kier alpha value is -2.08. The number of benzene rings is 1. The highest BCUT2D eigenvalue weighted by atomic mass is 16.5. The van der Waals surface area contributed by atoms with Crippen LogP contribution in [0.25, 0.3) is 0 Å². The molecule has 0 fully saturated rings. The summed E-state index contributed by atoms with van der Waals surface area (Å²) in [6.07, 6.45) is -4.28. The van der Waals surface area contributed by atoms with Gasteiger partial charge in [0.1, 0.15) is 0 Å². The number of carboxylic acid groups (broad SMARTS) is 2. The van der Waals surface area contributed by atoms with Gasteiger partial charge < -0.3 is 14.9 Å². The van der Waals surface area contributed by atoms with E-state index in [0.717, 1.165) is 0 Å². The predicted molar refractivity (Wildman–Crippen MR) is 58.7 cm³/mol. The third-order valence-electron chi connectivity index (χ3n) is 2.06. The number of imide groups is 1. The van der Waals surface area contributed by atoms with E-state index in [-0.39, 0.29) is 11.5 Å². The van der Waals surface area contributed by atoms with Crippen molar-refractivity contribution in [3.05, 3.63) is 35.9 Å². The third kappa shape index (κ3) is 3.18. The molecule has 1 rings (SSSR count). The Morgan fingerprint density at radius 2 is 1.76 bits per heavy atom. The predicted octanol–water partition coefficient (Wildman–Crippen LogP) is 2.38. The first-order valence-corrected chi connectivity index (χ1v) is 4.99. The van der Waals surface area contributed by atoms with Gasteiger partial charge in [0.25, 0.3) is 0 Å². The van der Waals surface area contributed by atoms with E-state index in [2.05, 4.69) is 0 Å². The summed E-state index contributed by atoms with van der Waals surface area (Å²) in [6.45, 7) is 1.87. The highest BCUT2D eigenvalue weighted by Gasteiger charge is 2.31. The lowest BCUT2D eigenvalue weighted by Crippen LogP contribution is -2.39. The van der Waals surface area contributed by atoms with Crippen LogP contribution in [0.1, 0.15) is 18.7 Å². The van der Waals surface area contributed by atoms with E-state index >= 15 is 0 Å². The van der Waals surface area contributed by atoms with E-state index in [4.69, 9.17) is 14.9 Å². The standard InChI is InChI=1S/C11H13NO5/c1-2-17-9(8-6-4-3-5-7-8)12(10(13)14)11(15)16/h3-7,9H,2H2,1H3,(H,13,14)(H,15,16). The molecule has 17 heavy (non-hydrogen) atoms. The topological polar surface area (TPSA) is 87.1 Å². The second-order valence-corrected chi connectivity index (χ2v) is 3.15. The van der Waals surface area contributed by atoms with Crippen molar-refractivity contribution in [2.75, 3.05) is 6.61 Å². The van der Waals surface area contributed by atoms with Crippen LogP contribution < -0.4 is 0 Å². The minimum absolute atomic E-state index is 0.205. The molecule has 0 aliphatic heterocycles. The number of amides is 2. The maximum absolute atomic E-state index is 10.9. The van der Waals surface area contributed by atoms with Crippen molar-refractivity contribution in [2.24, 2.45) is 0 Å². The molecule has 2 amide bonds. The molecule has 6 nitrogen and oxygen atoms in total. The molecular weight excluding hydrogens is 226 g/mol. The first kappa shape index (κ1) is 13.0. The van der Waals surface area contributed by atoms with Crippen molar-refractivity contribution >= 4 is 12.2 Å². The molecule has 1 unspecified atom stereocenters. The zero-order valence-electron chi connectivity index (χ0n) is 9.24. The molecule has 0 aliphatic rings. The van der Waals surface area contributed by atoms with Gasteiger partial charge in [-0.2, -0.15) is 4.90 Å². The van der Waals surface area contributed by atoms with Crippen molar-refractivity contribution in [3.63, 3.8) is 0 Å². The summed E-state index contributed by atoms with van der Waals surface area (Å²) in [5, 5.41) is 17.7. The second kappa shape index (κ2) is 5.86. The molecule has 1 aromatic rings. The van der Waals surface area contributed by atoms with Gasteiger partial charge in [-0.25, -0.2) is 9.59 Å². The van der Waals surface area contributed by atoms with Crippen LogP contribution in [0.15, 0.2) is 30.3 Å². The molecule has 1 atom stereocenters. The summed E-state index contributed by atoms with van der Waals surface area (Å²) in [5.74, 6) is 0. The van der Waals surface area contributed by atoms with Crippen LogP contribution in [0, 0.1) is 0 Å². The van der Waals surface area contributed by atoms with Gasteiger partial charge in [0.05, 0.1) is 0 Å². The van der Waals surface area contributed by atoms with E-state index in [1.807, 2.05) is 0 Å². The number of ether oxygens (including phenoxy) is 1. The zero-order valence-corrected chi connectivity index (χ0v) is 9.24. The largest absolute Gasteiger partial charge is 0.464 e. The average Bonchev–Trinajstić information content (AvgIpc) is 2.28. The Bertz CT molecular complexity index is 378. The monoisotopic (exact) mass is 239 g/mol. The minimum Gasteiger partial charge on any atom is -0.464 e. The van der Waals surface area contributed by atoms with Crippen molar-refractivity contribution in [1.29, 1.82) is 0 Å². The molecular formula is C11H13NO5. The molecule has 0 heterocycles. The molecule has 0 aliphatic carbocycles. The van der Waals surface area contributed by atoms with Crippen molar-refractivity contribution in [2.45, 2.75) is 13.2 Å². The fourth-order valence-electron chi connectivity index (χ4n) is 1.38. The lowest BCUT2D eigenvalue weighted by Gasteiger charge is -2.25. The number of rotatable bonds is 4. The fourth-order valence-corrected chi connectivity index (χ4v) is 1.38. The van der Waals surface area contributed by atoms with E-state index in [9.17, 15) is 9.59 Å². The van der Waals surface area contributed by atoms with Crippen LogP contribution in [-0.2, 0) is 4.74 Å². The number of hydrogen-bond donors (Lipinski definition) is 2. The Kier molecular flexibility index (Phi) is 4.47. The van der Waals surface area contributed by atoms with E-state index in [0.29, 0.717) is 5.56 Å². The van der Waals surface area contributed by atoms with Gasteiger partial charge >= 0.3 is 12.2 Å². The van der Waals surface area contributed by atoms with Gasteiger partial charge in [0.2, 0.25) is 0 Å². The van der Waals surface area contributed by atoms with Gasteiger partial charge in [0, 0.05) is 12.2 Å². The van der Waals surface area contributed by atoms with E-state index in [1.165, 1.54) is 0 Å². The normalized spacial score (nSPS) is 11.8. The molecule has 92 valence electrons. The van der Waals surface area contributed by atoms with Gasteiger partial charge in [-0.15, -0.1) is 0 Å². The zero-order chi connectivity index (χ0) is 12.8. The average molecular weight is 239 g/mol. The summed E-state index contributed by atoms with van der Waals surface area (Å²) >= 11 is 0. The first-order chi connectivity index (χ1) is 8.07. The maximum atomic E-state index is 10.9. The van der Waals surface area contributed by atoms with Gasteiger partial charge in [-0.3, -0.25) is 0 Å². The molecule has 2 N–H and O–H groups in total. The van der Waals surface area contributed by atoms with Gasteiger partial charge in [-0.05, 0) is 6.92 Å². The Morgan fingerprint density at radius 1 is 1.24 bits per heavy atom. The Balaban J connectivity index is 3.07. The molecule has 0 bridgehead atoms. The van der Waals surface area contributed by atoms with Gasteiger partial charge in [-0.1, -0.05) is 30.3 Å². The number of hydrogen-bond acceptors (Lipinski definition) is 3. The Labute approximate surface area is 98.0 Å². The van der Waals surface area contributed by atoms with Crippen LogP contribution in [0.3, 0.4) is 0 Å². The summed E-state index contributed by atoms with van der Waals surface area (Å²) < 4.78 is 5.18. The lowest BCUT2D eigenvalue weighted by atomic mass is 10.2. The first-order valence-electron chi connectivity index (χ1n) is 4.99. The van der Waals surface area contributed by atoms with Gasteiger partial charge in [0.15, 0.2) is 6.23 Å². The molecule has 6 heteroatoms. The highest BCUT2D eigenvalue weighted by molar-refractivity contribution is 5.86. The van der Waals surface area contributed by atoms with Crippen LogP contribution >= 0.6 is 0 Å². The van der Waals surface area contributed by atoms with Crippen LogP contribution in [0.4, 0.5) is 9.59 Å². The van der Waals surface area contributed by atoms with Crippen molar-refractivity contribution in [1.82, 2.24) is 4.90 Å². The summed E-state index contributed by atoms with van der Waals surface area (Å²) in [7, 11) is 0. The fraction of sp³-hybridized carbons (Fsp3) is 0.273. The molecule has 0 saturated heterocycles. The van der Waals surface area contributed by atoms with Crippen LogP contribution in [0.2, 0.25) is 0 Å². The molecule has 0 spiro atoms. The lowest BCUT2D eigenvalue weighted by molar-refractivity contribution is -0.0351. The second-order valence-electron chi connectivity index (χ2n) is 3.15. The highest BCUT2D eigenvalue weighted by Crippen LogP contribution is 2.22. The number of nitrogens with zero attached hydrogens (tertiary/aromatic N) is 1.